The molecule has 1 rings (SSSR count). The molecular weight excluding hydrogens is 152 g/mol. The van der Waals surface area contributed by atoms with Crippen LogP contribution in [0.3, 0.4) is 0 Å². The maximum absolute atomic E-state index is 5.86. The normalized spacial score (nSPS) is 13.2. The van der Waals surface area contributed by atoms with Gasteiger partial charge in [-0.2, -0.15) is 0 Å². The van der Waals surface area contributed by atoms with Gasteiger partial charge in [-0.05, 0) is 13.3 Å². The maximum Gasteiger partial charge on any atom is 0.153 e. The fraction of sp³-hybridized carbons (Fsp3) is 0.667. The van der Waals surface area contributed by atoms with Crippen molar-refractivity contribution in [1.29, 1.82) is 0 Å². The molecule has 68 valence electrons. The third kappa shape index (κ3) is 2.34. The Bertz CT molecular complexity index is 232. The molecule has 0 saturated heterocycles. The van der Waals surface area contributed by atoms with Gasteiger partial charge in [0.2, 0.25) is 0 Å². The summed E-state index contributed by atoms with van der Waals surface area (Å²) in [5.74, 6) is 0.806. The van der Waals surface area contributed by atoms with Crippen LogP contribution in [-0.4, -0.2) is 5.16 Å². The van der Waals surface area contributed by atoms with Crippen molar-refractivity contribution in [3.05, 3.63) is 17.5 Å². The van der Waals surface area contributed by atoms with Crippen molar-refractivity contribution < 1.29 is 4.52 Å². The Morgan fingerprint density at radius 3 is 2.92 bits per heavy atom. The van der Waals surface area contributed by atoms with Gasteiger partial charge in [0.15, 0.2) is 5.76 Å². The van der Waals surface area contributed by atoms with Crippen molar-refractivity contribution in [3.8, 4) is 0 Å². The molecule has 0 amide bonds. The van der Waals surface area contributed by atoms with Gasteiger partial charge in [0.25, 0.3) is 0 Å². The molecule has 2 N–H and O–H groups in total. The van der Waals surface area contributed by atoms with E-state index in [1.165, 1.54) is 6.42 Å². The average molecular weight is 168 g/mol. The first-order valence-corrected chi connectivity index (χ1v) is 4.43. The largest absolute Gasteiger partial charge is 0.359 e. The zero-order valence-corrected chi connectivity index (χ0v) is 7.71. The molecule has 1 aromatic rings. The molecule has 0 spiro atoms. The van der Waals surface area contributed by atoms with Crippen LogP contribution in [-0.2, 0) is 0 Å². The van der Waals surface area contributed by atoms with Crippen LogP contribution in [0, 0.1) is 6.92 Å². The van der Waals surface area contributed by atoms with Gasteiger partial charge < -0.3 is 10.3 Å². The molecule has 0 aliphatic rings. The number of rotatable bonds is 4. The van der Waals surface area contributed by atoms with Crippen molar-refractivity contribution in [3.63, 3.8) is 0 Å². The van der Waals surface area contributed by atoms with E-state index in [2.05, 4.69) is 12.1 Å². The number of unbranched alkanes of at least 4 members (excludes halogenated alkanes) is 1. The van der Waals surface area contributed by atoms with Crippen molar-refractivity contribution in [2.24, 2.45) is 5.73 Å². The van der Waals surface area contributed by atoms with Gasteiger partial charge in [0.1, 0.15) is 0 Å². The highest BCUT2D eigenvalue weighted by Crippen LogP contribution is 2.16. The molecule has 0 bridgehead atoms. The van der Waals surface area contributed by atoms with Crippen molar-refractivity contribution in [1.82, 2.24) is 5.16 Å². The Kier molecular flexibility index (Phi) is 3.29. The number of aromatic nitrogens is 1. The highest BCUT2D eigenvalue weighted by atomic mass is 16.5. The molecule has 3 nitrogen and oxygen atoms in total. The number of nitrogens with zero attached hydrogens (tertiary/aromatic N) is 1. The van der Waals surface area contributed by atoms with E-state index in [0.29, 0.717) is 0 Å². The summed E-state index contributed by atoms with van der Waals surface area (Å²) in [5.41, 5.74) is 6.76. The van der Waals surface area contributed by atoms with E-state index >= 15 is 0 Å². The lowest BCUT2D eigenvalue weighted by Gasteiger charge is -2.04. The predicted molar refractivity (Wildman–Crippen MR) is 47.7 cm³/mol. The fourth-order valence-corrected chi connectivity index (χ4v) is 1.12. The van der Waals surface area contributed by atoms with Crippen LogP contribution in [0.1, 0.15) is 43.7 Å². The van der Waals surface area contributed by atoms with E-state index < -0.39 is 0 Å². The standard InChI is InChI=1S/C9H16N2O/c1-3-4-5-8(10)9-6-7(2)11-12-9/h6,8H,3-5,10H2,1-2H3/t8-/m1/s1. The highest BCUT2D eigenvalue weighted by molar-refractivity contribution is 5.06. The number of hydrogen-bond donors (Lipinski definition) is 1. The van der Waals surface area contributed by atoms with Crippen molar-refractivity contribution >= 4 is 0 Å². The Balaban J connectivity index is 2.47. The summed E-state index contributed by atoms with van der Waals surface area (Å²) in [5, 5.41) is 3.79. The smallest absolute Gasteiger partial charge is 0.153 e. The van der Waals surface area contributed by atoms with Crippen LogP contribution in [0.2, 0.25) is 0 Å². The molecule has 0 aliphatic carbocycles. The number of hydrogen-bond acceptors (Lipinski definition) is 3. The van der Waals surface area contributed by atoms with Gasteiger partial charge in [-0.3, -0.25) is 0 Å². The molecule has 0 saturated carbocycles. The lowest BCUT2D eigenvalue weighted by Crippen LogP contribution is -2.08. The molecule has 0 fully saturated rings. The molecule has 0 aliphatic heterocycles. The lowest BCUT2D eigenvalue weighted by atomic mass is 10.1. The SMILES string of the molecule is CCCC[C@@H](N)c1cc(C)no1. The molecule has 1 atom stereocenters. The molecular formula is C9H16N2O. The third-order valence-corrected chi connectivity index (χ3v) is 1.88. The number of aryl methyl sites for hydroxylation is 1. The van der Waals surface area contributed by atoms with Crippen LogP contribution < -0.4 is 5.73 Å². The maximum atomic E-state index is 5.86. The fourth-order valence-electron chi connectivity index (χ4n) is 1.12. The molecule has 3 heteroatoms. The van der Waals surface area contributed by atoms with Crippen molar-refractivity contribution in [2.75, 3.05) is 0 Å². The lowest BCUT2D eigenvalue weighted by molar-refractivity contribution is 0.350. The van der Waals surface area contributed by atoms with Crippen LogP contribution in [0.5, 0.6) is 0 Å². The van der Waals surface area contributed by atoms with Gasteiger partial charge in [0.05, 0.1) is 11.7 Å². The predicted octanol–water partition coefficient (Wildman–Crippen LogP) is 2.17. The summed E-state index contributed by atoms with van der Waals surface area (Å²) >= 11 is 0. The first-order chi connectivity index (χ1) is 5.74. The Hall–Kier alpha value is -0.830. The van der Waals surface area contributed by atoms with Crippen LogP contribution >= 0.6 is 0 Å². The summed E-state index contributed by atoms with van der Waals surface area (Å²) in [7, 11) is 0. The van der Waals surface area contributed by atoms with Gasteiger partial charge in [0, 0.05) is 6.07 Å². The minimum absolute atomic E-state index is 0.0196. The summed E-state index contributed by atoms with van der Waals surface area (Å²) in [4.78, 5) is 0. The zero-order valence-electron chi connectivity index (χ0n) is 7.71. The second-order valence-corrected chi connectivity index (χ2v) is 3.12. The molecule has 1 aromatic heterocycles. The van der Waals surface area contributed by atoms with E-state index in [9.17, 15) is 0 Å². The quantitative estimate of drug-likeness (QED) is 0.749. The average Bonchev–Trinajstić information content (AvgIpc) is 2.47. The second kappa shape index (κ2) is 4.26. The van der Waals surface area contributed by atoms with Crippen LogP contribution in [0.15, 0.2) is 10.6 Å². The topological polar surface area (TPSA) is 52.0 Å². The summed E-state index contributed by atoms with van der Waals surface area (Å²) in [6.07, 6.45) is 3.28. The van der Waals surface area contributed by atoms with Gasteiger partial charge >= 0.3 is 0 Å². The first kappa shape index (κ1) is 9.26. The second-order valence-electron chi connectivity index (χ2n) is 3.12. The Morgan fingerprint density at radius 2 is 2.42 bits per heavy atom. The molecule has 0 aromatic carbocycles. The van der Waals surface area contributed by atoms with E-state index in [4.69, 9.17) is 10.3 Å². The van der Waals surface area contributed by atoms with Gasteiger partial charge in [-0.1, -0.05) is 24.9 Å². The first-order valence-electron chi connectivity index (χ1n) is 4.43. The summed E-state index contributed by atoms with van der Waals surface area (Å²) in [6, 6.07) is 1.92. The van der Waals surface area contributed by atoms with Gasteiger partial charge in [-0.15, -0.1) is 0 Å². The molecule has 12 heavy (non-hydrogen) atoms. The Morgan fingerprint density at radius 1 is 1.67 bits per heavy atom. The molecule has 1 heterocycles. The van der Waals surface area contributed by atoms with E-state index in [-0.39, 0.29) is 6.04 Å². The molecule has 0 radical (unpaired) electrons. The van der Waals surface area contributed by atoms with Crippen LogP contribution in [0.25, 0.3) is 0 Å². The monoisotopic (exact) mass is 168 g/mol. The summed E-state index contributed by atoms with van der Waals surface area (Å²) in [6.45, 7) is 4.05. The summed E-state index contributed by atoms with van der Waals surface area (Å²) < 4.78 is 5.05. The zero-order chi connectivity index (χ0) is 8.97. The van der Waals surface area contributed by atoms with E-state index in [1.54, 1.807) is 0 Å². The van der Waals surface area contributed by atoms with E-state index in [0.717, 1.165) is 24.3 Å². The van der Waals surface area contributed by atoms with Crippen LogP contribution in [0.4, 0.5) is 0 Å². The third-order valence-electron chi connectivity index (χ3n) is 1.88. The van der Waals surface area contributed by atoms with Gasteiger partial charge in [-0.25, -0.2) is 0 Å². The number of nitrogens with two attached hydrogens (primary N) is 1. The van der Waals surface area contributed by atoms with E-state index in [1.807, 2.05) is 13.0 Å². The molecule has 0 unspecified atom stereocenters. The highest BCUT2D eigenvalue weighted by Gasteiger charge is 2.09. The minimum Gasteiger partial charge on any atom is -0.359 e. The Labute approximate surface area is 72.9 Å². The van der Waals surface area contributed by atoms with Crippen molar-refractivity contribution in [2.45, 2.75) is 39.2 Å². The minimum atomic E-state index is 0.0196.